The lowest BCUT2D eigenvalue weighted by molar-refractivity contribution is -0.294. The fourth-order valence-corrected chi connectivity index (χ4v) is 6.41. The van der Waals surface area contributed by atoms with Gasteiger partial charge in [0.15, 0.2) is 17.7 Å². The molecule has 3 aliphatic heterocycles. The molecule has 0 saturated carbocycles. The van der Waals surface area contributed by atoms with Gasteiger partial charge in [0.05, 0.1) is 17.8 Å². The number of methoxy groups -OCH3 is 1. The van der Waals surface area contributed by atoms with Crippen LogP contribution in [0.2, 0.25) is 0 Å². The highest BCUT2D eigenvalue weighted by Crippen LogP contribution is 2.45. The molecule has 0 aromatic carbocycles. The molecule has 10 atom stereocenters. The molecule has 0 radical (unpaired) electrons. The highest BCUT2D eigenvalue weighted by Gasteiger charge is 2.52. The van der Waals surface area contributed by atoms with Crippen molar-refractivity contribution in [1.29, 1.82) is 0 Å². The van der Waals surface area contributed by atoms with Crippen molar-refractivity contribution in [3.63, 3.8) is 0 Å². The fourth-order valence-electron chi connectivity index (χ4n) is 6.41. The zero-order chi connectivity index (χ0) is 30.3. The number of ether oxygens (including phenoxy) is 5. The van der Waals surface area contributed by atoms with Crippen molar-refractivity contribution in [2.24, 2.45) is 11.8 Å². The molecular formula is C30H49NO9. The number of aliphatic hydroxyl groups excluding tert-OH is 2. The largest absolute Gasteiger partial charge is 0.507 e. The monoisotopic (exact) mass is 567 g/mol. The summed E-state index contributed by atoms with van der Waals surface area (Å²) < 4.78 is 30.8. The molecule has 2 bridgehead atoms. The van der Waals surface area contributed by atoms with Gasteiger partial charge in [-0.1, -0.05) is 13.8 Å². The van der Waals surface area contributed by atoms with Gasteiger partial charge in [-0.3, -0.25) is 9.59 Å². The van der Waals surface area contributed by atoms with Crippen LogP contribution in [0.15, 0.2) is 22.7 Å². The van der Waals surface area contributed by atoms with E-state index in [0.29, 0.717) is 24.2 Å². The number of carbonyl (C=O) groups is 2. The minimum absolute atomic E-state index is 0.0136. The quantitative estimate of drug-likeness (QED) is 0.376. The molecular weight excluding hydrogens is 518 g/mol. The Labute approximate surface area is 238 Å². The third-order valence-electron chi connectivity index (χ3n) is 9.04. The number of hydrogen-bond acceptors (Lipinski definition) is 10. The van der Waals surface area contributed by atoms with Gasteiger partial charge >= 0.3 is 5.97 Å². The van der Waals surface area contributed by atoms with E-state index in [0.717, 1.165) is 5.57 Å². The number of ketones is 1. The number of rotatable bonds is 5. The minimum atomic E-state index is -1.30. The van der Waals surface area contributed by atoms with Crippen LogP contribution in [0.1, 0.15) is 74.7 Å². The Balaban J connectivity index is 2.14. The number of aliphatic hydroxyl groups is 2. The Bertz CT molecular complexity index is 1040. The number of fused-ring (bicyclic) bond motifs is 2. The summed E-state index contributed by atoms with van der Waals surface area (Å²) in [5.74, 6) is -2.56. The number of hydrogen-bond donors (Lipinski definition) is 2. The summed E-state index contributed by atoms with van der Waals surface area (Å²) in [4.78, 5) is 29.0. The molecule has 40 heavy (non-hydrogen) atoms. The van der Waals surface area contributed by atoms with Crippen LogP contribution >= 0.6 is 0 Å². The molecule has 10 nitrogen and oxygen atoms in total. The van der Waals surface area contributed by atoms with Crippen molar-refractivity contribution >= 4 is 11.8 Å². The van der Waals surface area contributed by atoms with Crippen molar-refractivity contribution in [3.8, 4) is 0 Å². The van der Waals surface area contributed by atoms with Crippen molar-refractivity contribution in [1.82, 2.24) is 4.90 Å². The van der Waals surface area contributed by atoms with Gasteiger partial charge in [0.1, 0.15) is 29.6 Å². The van der Waals surface area contributed by atoms with Crippen LogP contribution in [0.5, 0.6) is 0 Å². The van der Waals surface area contributed by atoms with Gasteiger partial charge in [0.2, 0.25) is 0 Å². The van der Waals surface area contributed by atoms with Gasteiger partial charge in [0, 0.05) is 31.1 Å². The zero-order valence-electron chi connectivity index (χ0n) is 25.9. The first-order valence-corrected chi connectivity index (χ1v) is 14.3. The number of allylic oxidation sites excluding steroid dienone is 1. The Hall–Kier alpha value is -1.98. The molecule has 3 aliphatic rings. The molecule has 0 aromatic rings. The Morgan fingerprint density at radius 2 is 1.75 bits per heavy atom. The van der Waals surface area contributed by atoms with Gasteiger partial charge in [-0.15, -0.1) is 0 Å². The lowest BCUT2D eigenvalue weighted by Crippen LogP contribution is -2.58. The summed E-state index contributed by atoms with van der Waals surface area (Å²) in [7, 11) is 5.32. The van der Waals surface area contributed by atoms with Crippen molar-refractivity contribution in [2.45, 2.75) is 123 Å². The number of carbonyl (C=O) groups excluding carboxylic acids is 2. The lowest BCUT2D eigenvalue weighted by atomic mass is 9.79. The van der Waals surface area contributed by atoms with Crippen LogP contribution in [-0.2, 0) is 33.3 Å². The van der Waals surface area contributed by atoms with Crippen molar-refractivity contribution in [2.75, 3.05) is 21.2 Å². The van der Waals surface area contributed by atoms with Gasteiger partial charge in [-0.25, -0.2) is 0 Å². The summed E-state index contributed by atoms with van der Waals surface area (Å²) in [6.45, 7) is 14.1. The molecule has 0 spiro atoms. The normalized spacial score (nSPS) is 43.6. The molecule has 10 heteroatoms. The summed E-state index contributed by atoms with van der Waals surface area (Å²) in [6, 6.07) is -0.215. The van der Waals surface area contributed by atoms with E-state index < -0.39 is 53.6 Å². The number of likely N-dealkylation sites (N-methyl/N-ethyl adjacent to an activating group) is 1. The van der Waals surface area contributed by atoms with Crippen LogP contribution in [0.25, 0.3) is 0 Å². The average Bonchev–Trinajstić information content (AvgIpc) is 3.14. The Morgan fingerprint density at radius 3 is 2.30 bits per heavy atom. The second-order valence-corrected chi connectivity index (χ2v) is 12.4. The van der Waals surface area contributed by atoms with Gasteiger partial charge in [-0.2, -0.15) is 0 Å². The third-order valence-corrected chi connectivity index (χ3v) is 9.04. The highest BCUT2D eigenvalue weighted by molar-refractivity contribution is 6.00. The predicted octanol–water partition coefficient (Wildman–Crippen LogP) is 3.66. The molecule has 0 aliphatic carbocycles. The van der Waals surface area contributed by atoms with E-state index in [1.54, 1.807) is 20.8 Å². The molecule has 0 amide bonds. The number of Topliss-reactive ketones (excluding diaryl/α,β-unsaturated/α-hetero) is 1. The molecule has 0 aromatic heterocycles. The van der Waals surface area contributed by atoms with Crippen molar-refractivity contribution < 1.29 is 43.5 Å². The summed E-state index contributed by atoms with van der Waals surface area (Å²) in [5, 5.41) is 22.4. The first-order chi connectivity index (χ1) is 18.5. The number of nitrogens with zero attached hydrogens (tertiary/aromatic N) is 1. The maximum atomic E-state index is 13.8. The van der Waals surface area contributed by atoms with Crippen LogP contribution < -0.4 is 0 Å². The highest BCUT2D eigenvalue weighted by atomic mass is 16.7. The van der Waals surface area contributed by atoms with Crippen LogP contribution in [-0.4, -0.2) is 96.0 Å². The predicted molar refractivity (Wildman–Crippen MR) is 148 cm³/mol. The fraction of sp³-hybridized carbons (Fsp3) is 0.800. The standard InChI is InChI=1S/C30H49NO9/c1-12-21-30(8)25(34)19(6)24(40-30)15(2)14-29(7,36-11)26(17(4)22(32)18(5)27(35)38-21)39-28-23(33)20(31(9)10)13-16(3)37-28/h16-18,20-21,23,26,28,33-34H,12-14H2,1-11H3/b24-15-/t16-,17+,18-,20+,21-,23-,26-,28+,29-,30-/m1/s1. The minimum Gasteiger partial charge on any atom is -0.507 e. The van der Waals surface area contributed by atoms with Gasteiger partial charge < -0.3 is 38.8 Å². The zero-order valence-corrected chi connectivity index (χ0v) is 25.9. The molecule has 0 unspecified atom stereocenters. The molecule has 3 rings (SSSR count). The molecule has 1 fully saturated rings. The molecule has 228 valence electrons. The van der Waals surface area contributed by atoms with E-state index in [1.165, 1.54) is 14.0 Å². The van der Waals surface area contributed by atoms with Gasteiger partial charge in [-0.05, 0) is 74.1 Å². The smallest absolute Gasteiger partial charge is 0.316 e. The number of cyclic esters (lactones) is 1. The van der Waals surface area contributed by atoms with Crippen molar-refractivity contribution in [3.05, 3.63) is 22.7 Å². The first kappa shape index (κ1) is 32.5. The van der Waals surface area contributed by atoms with Crippen LogP contribution in [0.3, 0.4) is 0 Å². The van der Waals surface area contributed by atoms with E-state index in [9.17, 15) is 19.8 Å². The first-order valence-electron chi connectivity index (χ1n) is 14.3. The summed E-state index contributed by atoms with van der Waals surface area (Å²) in [6.07, 6.45) is -2.68. The average molecular weight is 568 g/mol. The van der Waals surface area contributed by atoms with E-state index in [-0.39, 0.29) is 30.1 Å². The molecule has 3 heterocycles. The van der Waals surface area contributed by atoms with Crippen LogP contribution in [0, 0.1) is 11.8 Å². The van der Waals surface area contributed by atoms with E-state index in [2.05, 4.69) is 0 Å². The number of esters is 1. The Kier molecular flexibility index (Phi) is 9.84. The maximum absolute atomic E-state index is 13.8. The second-order valence-electron chi connectivity index (χ2n) is 12.4. The Morgan fingerprint density at radius 1 is 1.12 bits per heavy atom. The maximum Gasteiger partial charge on any atom is 0.316 e. The molecule has 2 N–H and O–H groups in total. The molecule has 1 saturated heterocycles. The summed E-state index contributed by atoms with van der Waals surface area (Å²) >= 11 is 0. The van der Waals surface area contributed by atoms with Crippen LogP contribution in [0.4, 0.5) is 0 Å². The van der Waals surface area contributed by atoms with E-state index in [4.69, 9.17) is 23.7 Å². The van der Waals surface area contributed by atoms with Gasteiger partial charge in [0.25, 0.3) is 0 Å². The summed E-state index contributed by atoms with van der Waals surface area (Å²) in [5.41, 5.74) is -1.09. The SMILES string of the molecule is CC[C@H]1OC(=O)[C@H](C)C(=O)[C@H](C)[C@@H](O[C@@H]2O[C@H](C)C[C@H](N(C)C)[C@H]2O)[C@](C)(OC)C/C(C)=C2\O[C@@]1(C)C(O)=C2C. The lowest BCUT2D eigenvalue weighted by Gasteiger charge is -2.46. The van der Waals surface area contributed by atoms with E-state index >= 15 is 0 Å². The second kappa shape index (κ2) is 12.1. The topological polar surface area (TPSA) is 124 Å². The third kappa shape index (κ3) is 5.83. The van der Waals surface area contributed by atoms with E-state index in [1.807, 2.05) is 46.7 Å².